The molecule has 28 heavy (non-hydrogen) atoms. The number of anilines is 1. The fraction of sp³-hybridized carbons (Fsp3) is 0.190. The predicted octanol–water partition coefficient (Wildman–Crippen LogP) is 4.14. The third-order valence-corrected chi connectivity index (χ3v) is 4.68. The van der Waals surface area contributed by atoms with Gasteiger partial charge in [-0.05, 0) is 12.5 Å². The molecule has 0 aliphatic rings. The Hall–Kier alpha value is -3.03. The van der Waals surface area contributed by atoms with Crippen LogP contribution in [0.1, 0.15) is 22.2 Å². The molecule has 2 aromatic carbocycles. The Kier molecular flexibility index (Phi) is 6.89. The van der Waals surface area contributed by atoms with Gasteiger partial charge in [0, 0.05) is 5.56 Å². The summed E-state index contributed by atoms with van der Waals surface area (Å²) in [7, 11) is 0. The number of carbonyl (C=O) groups is 2. The minimum absolute atomic E-state index is 0.107. The average Bonchev–Trinajstić information content (AvgIpc) is 3.13. The van der Waals surface area contributed by atoms with Gasteiger partial charge in [0.25, 0.3) is 5.91 Å². The van der Waals surface area contributed by atoms with Gasteiger partial charge in [0.2, 0.25) is 0 Å². The van der Waals surface area contributed by atoms with Gasteiger partial charge in [-0.1, -0.05) is 72.0 Å². The second kappa shape index (κ2) is 9.77. The van der Waals surface area contributed by atoms with Crippen molar-refractivity contribution in [3.8, 4) is 11.3 Å². The number of rotatable bonds is 8. The van der Waals surface area contributed by atoms with Crippen LogP contribution in [0.15, 0.2) is 60.7 Å². The van der Waals surface area contributed by atoms with E-state index in [4.69, 9.17) is 9.47 Å². The normalized spacial score (nSPS) is 10.5. The zero-order valence-electron chi connectivity index (χ0n) is 15.4. The molecule has 0 radical (unpaired) electrons. The molecule has 0 atom stereocenters. The van der Waals surface area contributed by atoms with Crippen LogP contribution in [-0.2, 0) is 20.9 Å². The second-order valence-electron chi connectivity index (χ2n) is 5.81. The van der Waals surface area contributed by atoms with Gasteiger partial charge in [0.1, 0.15) is 11.5 Å². The Morgan fingerprint density at radius 1 is 1.04 bits per heavy atom. The maximum Gasteiger partial charge on any atom is 0.350 e. The number of aromatic nitrogens is 1. The number of ether oxygens (including phenoxy) is 2. The van der Waals surface area contributed by atoms with Gasteiger partial charge in [-0.25, -0.2) is 9.78 Å². The highest BCUT2D eigenvalue weighted by Crippen LogP contribution is 2.31. The minimum Gasteiger partial charge on any atom is -0.462 e. The zero-order valence-corrected chi connectivity index (χ0v) is 16.2. The molecular weight excluding hydrogens is 376 g/mol. The maximum absolute atomic E-state index is 12.3. The highest BCUT2D eigenvalue weighted by atomic mass is 32.1. The van der Waals surface area contributed by atoms with Crippen molar-refractivity contribution in [2.24, 2.45) is 0 Å². The number of hydrogen-bond donors (Lipinski definition) is 1. The Bertz CT molecular complexity index is 926. The van der Waals surface area contributed by atoms with E-state index >= 15 is 0 Å². The van der Waals surface area contributed by atoms with Gasteiger partial charge >= 0.3 is 5.97 Å². The van der Waals surface area contributed by atoms with Crippen LogP contribution in [0.4, 0.5) is 5.13 Å². The molecule has 0 aliphatic carbocycles. The van der Waals surface area contributed by atoms with E-state index in [0.717, 1.165) is 22.5 Å². The third-order valence-electron chi connectivity index (χ3n) is 3.73. The SMILES string of the molecule is CCOC(=O)c1sc(NC(=O)COCc2ccccc2)nc1-c1ccccc1. The lowest BCUT2D eigenvalue weighted by Crippen LogP contribution is -2.18. The van der Waals surface area contributed by atoms with Crippen LogP contribution in [0.25, 0.3) is 11.3 Å². The van der Waals surface area contributed by atoms with Crippen molar-refractivity contribution in [1.29, 1.82) is 0 Å². The molecular formula is C21H20N2O4S. The maximum atomic E-state index is 12.3. The first-order chi connectivity index (χ1) is 13.7. The van der Waals surface area contributed by atoms with Gasteiger partial charge in [0.05, 0.1) is 18.9 Å². The monoisotopic (exact) mass is 396 g/mol. The standard InChI is InChI=1S/C21H20N2O4S/c1-2-27-20(25)19-18(16-11-7-4-8-12-16)23-21(28-19)22-17(24)14-26-13-15-9-5-3-6-10-15/h3-12H,2,13-14H2,1H3,(H,22,23,24). The first-order valence-electron chi connectivity index (χ1n) is 8.82. The first kappa shape index (κ1) is 19.7. The van der Waals surface area contributed by atoms with Crippen LogP contribution < -0.4 is 5.32 Å². The van der Waals surface area contributed by atoms with E-state index in [0.29, 0.717) is 22.3 Å². The van der Waals surface area contributed by atoms with E-state index in [9.17, 15) is 9.59 Å². The van der Waals surface area contributed by atoms with Crippen LogP contribution in [-0.4, -0.2) is 30.1 Å². The number of nitrogens with zero attached hydrogens (tertiary/aromatic N) is 1. The van der Waals surface area contributed by atoms with E-state index in [1.165, 1.54) is 0 Å². The predicted molar refractivity (Wildman–Crippen MR) is 108 cm³/mol. The fourth-order valence-corrected chi connectivity index (χ4v) is 3.39. The van der Waals surface area contributed by atoms with E-state index in [2.05, 4.69) is 10.3 Å². The van der Waals surface area contributed by atoms with E-state index in [1.807, 2.05) is 60.7 Å². The summed E-state index contributed by atoms with van der Waals surface area (Å²) < 4.78 is 10.6. The zero-order chi connectivity index (χ0) is 19.8. The van der Waals surface area contributed by atoms with Crippen LogP contribution in [0.3, 0.4) is 0 Å². The van der Waals surface area contributed by atoms with Crippen molar-refractivity contribution in [1.82, 2.24) is 4.98 Å². The van der Waals surface area contributed by atoms with E-state index < -0.39 is 5.97 Å². The summed E-state index contributed by atoms with van der Waals surface area (Å²) in [6, 6.07) is 18.9. The Balaban J connectivity index is 1.67. The molecule has 144 valence electrons. The number of nitrogens with one attached hydrogen (secondary N) is 1. The van der Waals surface area contributed by atoms with Crippen LogP contribution in [0.5, 0.6) is 0 Å². The van der Waals surface area contributed by atoms with E-state index in [-0.39, 0.29) is 19.1 Å². The van der Waals surface area contributed by atoms with Gasteiger partial charge in [-0.15, -0.1) is 0 Å². The lowest BCUT2D eigenvalue weighted by molar-refractivity contribution is -0.121. The smallest absolute Gasteiger partial charge is 0.350 e. The minimum atomic E-state index is -0.459. The van der Waals surface area contributed by atoms with Crippen molar-refractivity contribution in [3.63, 3.8) is 0 Å². The molecule has 0 spiro atoms. The summed E-state index contributed by atoms with van der Waals surface area (Å²) in [5, 5.41) is 3.02. The number of amides is 1. The molecule has 7 heteroatoms. The van der Waals surface area contributed by atoms with Gasteiger partial charge in [-0.2, -0.15) is 0 Å². The number of benzene rings is 2. The molecule has 6 nitrogen and oxygen atoms in total. The first-order valence-corrected chi connectivity index (χ1v) is 9.64. The Morgan fingerprint density at radius 2 is 1.71 bits per heavy atom. The van der Waals surface area contributed by atoms with Crippen LogP contribution in [0, 0.1) is 0 Å². The molecule has 0 saturated heterocycles. The van der Waals surface area contributed by atoms with Crippen molar-refractivity contribution < 1.29 is 19.1 Å². The number of esters is 1. The van der Waals surface area contributed by atoms with Crippen LogP contribution in [0.2, 0.25) is 0 Å². The lowest BCUT2D eigenvalue weighted by atomic mass is 10.1. The summed E-state index contributed by atoms with van der Waals surface area (Å²) in [5.74, 6) is -0.792. The molecule has 3 aromatic rings. The molecule has 0 unspecified atom stereocenters. The molecule has 0 bridgehead atoms. The molecule has 1 aromatic heterocycles. The number of hydrogen-bond acceptors (Lipinski definition) is 6. The van der Waals surface area contributed by atoms with E-state index in [1.54, 1.807) is 6.92 Å². The molecule has 1 N–H and O–H groups in total. The Morgan fingerprint density at radius 3 is 2.39 bits per heavy atom. The van der Waals surface area contributed by atoms with Gasteiger partial charge in [-0.3, -0.25) is 10.1 Å². The quantitative estimate of drug-likeness (QED) is 0.579. The summed E-state index contributed by atoms with van der Waals surface area (Å²) in [6.45, 7) is 2.24. The fourth-order valence-electron chi connectivity index (χ4n) is 2.49. The lowest BCUT2D eigenvalue weighted by Gasteiger charge is -2.04. The van der Waals surface area contributed by atoms with Gasteiger partial charge < -0.3 is 9.47 Å². The molecule has 3 rings (SSSR count). The Labute approximate surface area is 167 Å². The summed E-state index contributed by atoms with van der Waals surface area (Å²) in [4.78, 5) is 29.2. The number of carbonyl (C=O) groups excluding carboxylic acids is 2. The molecule has 1 amide bonds. The largest absolute Gasteiger partial charge is 0.462 e. The topological polar surface area (TPSA) is 77.5 Å². The molecule has 0 aliphatic heterocycles. The van der Waals surface area contributed by atoms with Crippen LogP contribution >= 0.6 is 11.3 Å². The molecule has 1 heterocycles. The highest BCUT2D eigenvalue weighted by Gasteiger charge is 2.21. The summed E-state index contributed by atoms with van der Waals surface area (Å²) in [5.41, 5.74) is 2.26. The highest BCUT2D eigenvalue weighted by molar-refractivity contribution is 7.18. The van der Waals surface area contributed by atoms with Crippen molar-refractivity contribution >= 4 is 28.3 Å². The third kappa shape index (κ3) is 5.25. The van der Waals surface area contributed by atoms with Crippen molar-refractivity contribution in [3.05, 3.63) is 71.1 Å². The second-order valence-corrected chi connectivity index (χ2v) is 6.81. The number of thiazole rings is 1. The average molecular weight is 396 g/mol. The summed E-state index contributed by atoms with van der Waals surface area (Å²) in [6.07, 6.45) is 0. The molecule has 0 saturated carbocycles. The molecule has 0 fully saturated rings. The van der Waals surface area contributed by atoms with Crippen molar-refractivity contribution in [2.45, 2.75) is 13.5 Å². The van der Waals surface area contributed by atoms with Gasteiger partial charge in [0.15, 0.2) is 5.13 Å². The summed E-state index contributed by atoms with van der Waals surface area (Å²) >= 11 is 1.09. The van der Waals surface area contributed by atoms with Crippen molar-refractivity contribution in [2.75, 3.05) is 18.5 Å².